The molecule has 1 aliphatic heterocycles. The molecule has 0 bridgehead atoms. The average molecular weight is 327 g/mol. The van der Waals surface area contributed by atoms with Gasteiger partial charge in [0.05, 0.1) is 11.7 Å². The summed E-state index contributed by atoms with van der Waals surface area (Å²) in [5.74, 6) is -0.115. The van der Waals surface area contributed by atoms with E-state index in [-0.39, 0.29) is 6.10 Å². The van der Waals surface area contributed by atoms with Crippen molar-refractivity contribution < 1.29 is 19.4 Å². The van der Waals surface area contributed by atoms with Gasteiger partial charge in [0.2, 0.25) is 0 Å². The monoisotopic (exact) mass is 327 g/mol. The molecular weight excluding hydrogens is 306 g/mol. The first-order valence-corrected chi connectivity index (χ1v) is 8.11. The van der Waals surface area contributed by atoms with Gasteiger partial charge in [-0.25, -0.2) is 4.79 Å². The fourth-order valence-electron chi connectivity index (χ4n) is 2.68. The number of aromatic carboxylic acids is 1. The maximum absolute atomic E-state index is 11.0. The number of carboxylic acid groups (broad SMARTS) is 1. The van der Waals surface area contributed by atoms with Gasteiger partial charge in [-0.3, -0.25) is 0 Å². The number of hydrogen-bond donors (Lipinski definition) is 2. The second-order valence-corrected chi connectivity index (χ2v) is 5.83. The van der Waals surface area contributed by atoms with E-state index in [1.807, 2.05) is 30.3 Å². The highest BCUT2D eigenvalue weighted by Gasteiger charge is 2.15. The molecular formula is C19H21NO4. The summed E-state index contributed by atoms with van der Waals surface area (Å²) < 4.78 is 11.3. The fraction of sp³-hybridized carbons (Fsp3) is 0.316. The number of rotatable bonds is 7. The number of carbonyl (C=O) groups is 1. The smallest absolute Gasteiger partial charge is 0.335 e. The van der Waals surface area contributed by atoms with Crippen LogP contribution in [0, 0.1) is 0 Å². The molecule has 24 heavy (non-hydrogen) atoms. The predicted octanol–water partition coefficient (Wildman–Crippen LogP) is 3.55. The lowest BCUT2D eigenvalue weighted by molar-refractivity contribution is 0.0679. The quantitative estimate of drug-likeness (QED) is 0.814. The van der Waals surface area contributed by atoms with Gasteiger partial charge in [-0.05, 0) is 42.7 Å². The summed E-state index contributed by atoms with van der Waals surface area (Å²) in [6.45, 7) is 1.95. The highest BCUT2D eigenvalue weighted by Crippen LogP contribution is 2.20. The van der Waals surface area contributed by atoms with E-state index in [1.54, 1.807) is 18.2 Å². The number of nitrogens with one attached hydrogen (secondary N) is 1. The minimum atomic E-state index is -0.915. The Labute approximate surface area is 141 Å². The topological polar surface area (TPSA) is 67.8 Å². The highest BCUT2D eigenvalue weighted by molar-refractivity contribution is 5.87. The molecule has 0 saturated carbocycles. The lowest BCUT2D eigenvalue weighted by Crippen LogP contribution is -2.16. The van der Waals surface area contributed by atoms with E-state index >= 15 is 0 Å². The minimum Gasteiger partial charge on any atom is -0.491 e. The first-order valence-electron chi connectivity index (χ1n) is 8.11. The van der Waals surface area contributed by atoms with E-state index < -0.39 is 5.97 Å². The van der Waals surface area contributed by atoms with Gasteiger partial charge in [-0.2, -0.15) is 0 Å². The van der Waals surface area contributed by atoms with Crippen molar-refractivity contribution in [1.82, 2.24) is 0 Å². The zero-order valence-corrected chi connectivity index (χ0v) is 13.4. The molecule has 1 unspecified atom stereocenters. The van der Waals surface area contributed by atoms with E-state index in [4.69, 9.17) is 14.6 Å². The second-order valence-electron chi connectivity index (χ2n) is 5.83. The molecule has 0 amide bonds. The summed E-state index contributed by atoms with van der Waals surface area (Å²) in [6, 6.07) is 14.7. The van der Waals surface area contributed by atoms with Crippen LogP contribution in [-0.4, -0.2) is 30.4 Å². The Hall–Kier alpha value is -2.53. The van der Waals surface area contributed by atoms with Crippen molar-refractivity contribution in [2.45, 2.75) is 25.5 Å². The Morgan fingerprint density at radius 2 is 2.12 bits per heavy atom. The molecule has 1 heterocycles. The summed E-state index contributed by atoms with van der Waals surface area (Å²) >= 11 is 0. The number of benzene rings is 2. The molecule has 1 atom stereocenters. The van der Waals surface area contributed by atoms with Crippen molar-refractivity contribution in [2.75, 3.05) is 18.5 Å². The van der Waals surface area contributed by atoms with Crippen molar-refractivity contribution in [3.8, 4) is 5.75 Å². The third-order valence-electron chi connectivity index (χ3n) is 3.96. The molecule has 2 aromatic carbocycles. The van der Waals surface area contributed by atoms with E-state index in [1.165, 1.54) is 0 Å². The van der Waals surface area contributed by atoms with Crippen molar-refractivity contribution in [2.24, 2.45) is 0 Å². The molecule has 5 heteroatoms. The van der Waals surface area contributed by atoms with Crippen LogP contribution < -0.4 is 10.1 Å². The van der Waals surface area contributed by atoms with Gasteiger partial charge in [-0.15, -0.1) is 0 Å². The van der Waals surface area contributed by atoms with Crippen LogP contribution >= 0.6 is 0 Å². The summed E-state index contributed by atoms with van der Waals surface area (Å²) in [5, 5.41) is 12.3. The predicted molar refractivity (Wildman–Crippen MR) is 91.6 cm³/mol. The van der Waals surface area contributed by atoms with Gasteiger partial charge in [0, 0.05) is 24.9 Å². The van der Waals surface area contributed by atoms with Crippen molar-refractivity contribution in [3.63, 3.8) is 0 Å². The third kappa shape index (κ3) is 4.49. The van der Waals surface area contributed by atoms with Gasteiger partial charge in [0.25, 0.3) is 0 Å². The molecule has 0 spiro atoms. The van der Waals surface area contributed by atoms with Crippen LogP contribution in [0.5, 0.6) is 5.75 Å². The molecule has 3 rings (SSSR count). The number of ether oxygens (including phenoxy) is 2. The zero-order chi connectivity index (χ0) is 16.8. The van der Waals surface area contributed by atoms with Crippen LogP contribution in [0.3, 0.4) is 0 Å². The van der Waals surface area contributed by atoms with Gasteiger partial charge in [-0.1, -0.05) is 18.2 Å². The maximum Gasteiger partial charge on any atom is 0.335 e. The second kappa shape index (κ2) is 7.84. The van der Waals surface area contributed by atoms with Gasteiger partial charge >= 0.3 is 5.97 Å². The molecule has 1 fully saturated rings. The molecule has 0 aromatic heterocycles. The van der Waals surface area contributed by atoms with E-state index in [9.17, 15) is 4.79 Å². The van der Waals surface area contributed by atoms with Gasteiger partial charge < -0.3 is 19.9 Å². The van der Waals surface area contributed by atoms with Gasteiger partial charge in [0.15, 0.2) is 0 Å². The van der Waals surface area contributed by atoms with Crippen LogP contribution in [-0.2, 0) is 11.3 Å². The van der Waals surface area contributed by atoms with Crippen molar-refractivity contribution in [3.05, 3.63) is 59.7 Å². The number of anilines is 1. The van der Waals surface area contributed by atoms with Gasteiger partial charge in [0.1, 0.15) is 12.4 Å². The van der Waals surface area contributed by atoms with Crippen LogP contribution in [0.1, 0.15) is 28.8 Å². The molecule has 0 aliphatic carbocycles. The largest absolute Gasteiger partial charge is 0.491 e. The summed E-state index contributed by atoms with van der Waals surface area (Å²) in [7, 11) is 0. The molecule has 5 nitrogen and oxygen atoms in total. The first-order chi connectivity index (χ1) is 11.7. The van der Waals surface area contributed by atoms with Crippen LogP contribution in [0.25, 0.3) is 0 Å². The maximum atomic E-state index is 11.0. The average Bonchev–Trinajstić information content (AvgIpc) is 3.12. The highest BCUT2D eigenvalue weighted by atomic mass is 16.5. The minimum absolute atomic E-state index is 0.195. The first kappa shape index (κ1) is 16.3. The summed E-state index contributed by atoms with van der Waals surface area (Å²) in [5.41, 5.74) is 2.14. The van der Waals surface area contributed by atoms with Crippen molar-refractivity contribution >= 4 is 11.7 Å². The van der Waals surface area contributed by atoms with E-state index in [0.29, 0.717) is 18.7 Å². The SMILES string of the molecule is O=C(O)c1cccc(CNc2cccc(OCC3CCCO3)c2)c1. The summed E-state index contributed by atoms with van der Waals surface area (Å²) in [4.78, 5) is 11.0. The Balaban J connectivity index is 1.56. The number of carboxylic acids is 1. The van der Waals surface area contributed by atoms with E-state index in [0.717, 1.165) is 36.4 Å². The van der Waals surface area contributed by atoms with E-state index in [2.05, 4.69) is 5.32 Å². The Morgan fingerprint density at radius 1 is 1.25 bits per heavy atom. The zero-order valence-electron chi connectivity index (χ0n) is 13.4. The molecule has 0 radical (unpaired) electrons. The van der Waals surface area contributed by atoms with Crippen LogP contribution in [0.15, 0.2) is 48.5 Å². The third-order valence-corrected chi connectivity index (χ3v) is 3.96. The number of hydrogen-bond acceptors (Lipinski definition) is 4. The van der Waals surface area contributed by atoms with Crippen LogP contribution in [0.4, 0.5) is 5.69 Å². The van der Waals surface area contributed by atoms with Crippen molar-refractivity contribution in [1.29, 1.82) is 0 Å². The Kier molecular flexibility index (Phi) is 5.33. The standard InChI is InChI=1S/C19H21NO4/c21-19(22)15-5-1-4-14(10-15)12-20-16-6-2-7-17(11-16)24-13-18-8-3-9-23-18/h1-2,4-7,10-11,18,20H,3,8-9,12-13H2,(H,21,22). The molecule has 2 aromatic rings. The molecule has 1 aliphatic rings. The Bertz CT molecular complexity index is 695. The fourth-order valence-corrected chi connectivity index (χ4v) is 2.68. The lowest BCUT2D eigenvalue weighted by atomic mass is 10.1. The van der Waals surface area contributed by atoms with Crippen LogP contribution in [0.2, 0.25) is 0 Å². The molecule has 126 valence electrons. The normalized spacial score (nSPS) is 16.8. The summed E-state index contributed by atoms with van der Waals surface area (Å²) in [6.07, 6.45) is 2.35. The molecule has 2 N–H and O–H groups in total. The molecule has 1 saturated heterocycles. The Morgan fingerprint density at radius 3 is 2.92 bits per heavy atom. The lowest BCUT2D eigenvalue weighted by Gasteiger charge is -2.13.